The molecule has 0 radical (unpaired) electrons. The van der Waals surface area contributed by atoms with E-state index < -0.39 is 0 Å². The van der Waals surface area contributed by atoms with Crippen molar-refractivity contribution in [3.05, 3.63) is 11.6 Å². The molecule has 1 aliphatic rings. The van der Waals surface area contributed by atoms with Gasteiger partial charge in [0.1, 0.15) is 0 Å². The van der Waals surface area contributed by atoms with Gasteiger partial charge >= 0.3 is 0 Å². The fourth-order valence-corrected chi connectivity index (χ4v) is 2.60. The van der Waals surface area contributed by atoms with E-state index in [-0.39, 0.29) is 0 Å². The molecule has 0 heteroatoms. The van der Waals surface area contributed by atoms with Crippen molar-refractivity contribution in [3.63, 3.8) is 0 Å². The maximum Gasteiger partial charge on any atom is -0.0323 e. The van der Waals surface area contributed by atoms with Gasteiger partial charge in [0.05, 0.1) is 0 Å². The van der Waals surface area contributed by atoms with E-state index in [1.165, 1.54) is 51.4 Å². The van der Waals surface area contributed by atoms with Gasteiger partial charge in [-0.05, 0) is 44.4 Å². The van der Waals surface area contributed by atoms with Gasteiger partial charge in [0, 0.05) is 0 Å². The van der Waals surface area contributed by atoms with Crippen LogP contribution in [0.1, 0.15) is 72.1 Å². The zero-order chi connectivity index (χ0) is 11.1. The highest BCUT2D eigenvalue weighted by atomic mass is 14.3. The smallest absolute Gasteiger partial charge is 0.0323 e. The largest absolute Gasteiger partial charge is 0.0859 e. The number of hydrogen-bond acceptors (Lipinski definition) is 0. The van der Waals surface area contributed by atoms with Crippen LogP contribution in [0.4, 0.5) is 0 Å². The Hall–Kier alpha value is -0.260. The third-order valence-electron chi connectivity index (χ3n) is 4.00. The molecule has 0 aliphatic heterocycles. The monoisotopic (exact) mass is 208 g/mol. The lowest BCUT2D eigenvalue weighted by Crippen LogP contribution is -2.22. The van der Waals surface area contributed by atoms with E-state index in [1.807, 2.05) is 0 Å². The van der Waals surface area contributed by atoms with Gasteiger partial charge in [-0.1, -0.05) is 51.2 Å². The highest BCUT2D eigenvalue weighted by Crippen LogP contribution is 2.37. The van der Waals surface area contributed by atoms with Crippen LogP contribution in [0.2, 0.25) is 0 Å². The van der Waals surface area contributed by atoms with Crippen molar-refractivity contribution in [2.45, 2.75) is 72.1 Å². The Morgan fingerprint density at radius 2 is 2.00 bits per heavy atom. The van der Waals surface area contributed by atoms with Crippen molar-refractivity contribution >= 4 is 0 Å². The van der Waals surface area contributed by atoms with E-state index >= 15 is 0 Å². The lowest BCUT2D eigenvalue weighted by atomic mass is 9.72. The van der Waals surface area contributed by atoms with Crippen molar-refractivity contribution in [2.75, 3.05) is 0 Å². The zero-order valence-corrected chi connectivity index (χ0v) is 10.9. The van der Waals surface area contributed by atoms with Crippen LogP contribution in [0.5, 0.6) is 0 Å². The summed E-state index contributed by atoms with van der Waals surface area (Å²) in [5.41, 5.74) is 1.59. The van der Waals surface area contributed by atoms with Crippen LogP contribution in [0.15, 0.2) is 11.6 Å². The molecule has 1 rings (SSSR count). The summed E-state index contributed by atoms with van der Waals surface area (Å²) in [7, 11) is 0. The molecule has 88 valence electrons. The van der Waals surface area contributed by atoms with Gasteiger partial charge in [-0.15, -0.1) is 0 Å². The van der Waals surface area contributed by atoms with E-state index in [9.17, 15) is 0 Å². The summed E-state index contributed by atoms with van der Waals surface area (Å²) in [6.07, 6.45) is 13.7. The molecule has 0 amide bonds. The van der Waals surface area contributed by atoms with E-state index in [1.54, 1.807) is 5.57 Å². The molecule has 1 saturated carbocycles. The van der Waals surface area contributed by atoms with E-state index in [2.05, 4.69) is 26.8 Å². The van der Waals surface area contributed by atoms with Crippen LogP contribution < -0.4 is 0 Å². The standard InChI is InChI=1S/C15H28/c1-4-8-13(2)9-6-5-7-10-15-12-11-14(15)3/h8,14-15H,4-7,9-12H2,1-3H3. The molecule has 0 aromatic heterocycles. The summed E-state index contributed by atoms with van der Waals surface area (Å²) in [6, 6.07) is 0. The topological polar surface area (TPSA) is 0 Å². The molecule has 0 nitrogen and oxygen atoms in total. The number of allylic oxidation sites excluding steroid dienone is 2. The van der Waals surface area contributed by atoms with Crippen LogP contribution in [0.25, 0.3) is 0 Å². The third-order valence-corrected chi connectivity index (χ3v) is 4.00. The first-order valence-electron chi connectivity index (χ1n) is 6.89. The number of unbranched alkanes of at least 4 members (excludes halogenated alkanes) is 2. The van der Waals surface area contributed by atoms with Gasteiger partial charge in [0.15, 0.2) is 0 Å². The van der Waals surface area contributed by atoms with Crippen molar-refractivity contribution in [1.82, 2.24) is 0 Å². The average molecular weight is 208 g/mol. The Bertz CT molecular complexity index is 190. The zero-order valence-electron chi connectivity index (χ0n) is 10.9. The van der Waals surface area contributed by atoms with Crippen LogP contribution in [0, 0.1) is 11.8 Å². The quantitative estimate of drug-likeness (QED) is 0.391. The van der Waals surface area contributed by atoms with Crippen LogP contribution >= 0.6 is 0 Å². The molecule has 0 bridgehead atoms. The Balaban J connectivity index is 1.91. The minimum Gasteiger partial charge on any atom is -0.0859 e. The normalized spacial score (nSPS) is 26.5. The molecule has 0 saturated heterocycles. The predicted molar refractivity (Wildman–Crippen MR) is 69.0 cm³/mol. The first-order valence-corrected chi connectivity index (χ1v) is 6.89. The van der Waals surface area contributed by atoms with E-state index in [0.717, 1.165) is 11.8 Å². The van der Waals surface area contributed by atoms with Gasteiger partial charge in [0.2, 0.25) is 0 Å². The van der Waals surface area contributed by atoms with Gasteiger partial charge < -0.3 is 0 Å². The van der Waals surface area contributed by atoms with E-state index in [0.29, 0.717) is 0 Å². The van der Waals surface area contributed by atoms with Crippen LogP contribution in [-0.4, -0.2) is 0 Å². The van der Waals surface area contributed by atoms with Gasteiger partial charge in [-0.2, -0.15) is 0 Å². The molecule has 0 aromatic rings. The van der Waals surface area contributed by atoms with Crippen molar-refractivity contribution in [2.24, 2.45) is 11.8 Å². The summed E-state index contributed by atoms with van der Waals surface area (Å²) in [5.74, 6) is 2.11. The van der Waals surface area contributed by atoms with Crippen LogP contribution in [0.3, 0.4) is 0 Å². The Labute approximate surface area is 96.2 Å². The summed E-state index contributed by atoms with van der Waals surface area (Å²) in [5, 5.41) is 0. The lowest BCUT2D eigenvalue weighted by Gasteiger charge is -2.33. The van der Waals surface area contributed by atoms with Gasteiger partial charge in [-0.3, -0.25) is 0 Å². The molecule has 1 aliphatic carbocycles. The first kappa shape index (κ1) is 12.8. The average Bonchev–Trinajstić information content (AvgIpc) is 2.21. The molecule has 15 heavy (non-hydrogen) atoms. The van der Waals surface area contributed by atoms with Crippen molar-refractivity contribution in [3.8, 4) is 0 Å². The fourth-order valence-electron chi connectivity index (χ4n) is 2.60. The molecule has 2 atom stereocenters. The maximum atomic E-state index is 2.42. The van der Waals surface area contributed by atoms with Crippen molar-refractivity contribution in [1.29, 1.82) is 0 Å². The van der Waals surface area contributed by atoms with Crippen LogP contribution in [-0.2, 0) is 0 Å². The predicted octanol–water partition coefficient (Wildman–Crippen LogP) is 5.34. The molecule has 2 unspecified atom stereocenters. The van der Waals surface area contributed by atoms with Crippen molar-refractivity contribution < 1.29 is 0 Å². The molecule has 0 aromatic carbocycles. The second-order valence-electron chi connectivity index (χ2n) is 5.37. The van der Waals surface area contributed by atoms with E-state index in [4.69, 9.17) is 0 Å². The highest BCUT2D eigenvalue weighted by molar-refractivity contribution is 4.96. The molecular formula is C15H28. The number of rotatable bonds is 7. The molecule has 0 heterocycles. The summed E-state index contributed by atoms with van der Waals surface area (Å²) < 4.78 is 0. The molecular weight excluding hydrogens is 180 g/mol. The summed E-state index contributed by atoms with van der Waals surface area (Å²) >= 11 is 0. The summed E-state index contributed by atoms with van der Waals surface area (Å²) in [6.45, 7) is 6.92. The van der Waals surface area contributed by atoms with Gasteiger partial charge in [-0.25, -0.2) is 0 Å². The molecule has 1 fully saturated rings. The Morgan fingerprint density at radius 3 is 2.53 bits per heavy atom. The molecule has 0 spiro atoms. The number of hydrogen-bond donors (Lipinski definition) is 0. The summed E-state index contributed by atoms with van der Waals surface area (Å²) in [4.78, 5) is 0. The minimum absolute atomic E-state index is 1.03. The Kier molecular flexibility index (Phi) is 6.05. The maximum absolute atomic E-state index is 2.42. The fraction of sp³-hybridized carbons (Fsp3) is 0.867. The second-order valence-corrected chi connectivity index (χ2v) is 5.37. The molecule has 0 N–H and O–H groups in total. The lowest BCUT2D eigenvalue weighted by molar-refractivity contribution is 0.179. The Morgan fingerprint density at radius 1 is 1.20 bits per heavy atom. The van der Waals surface area contributed by atoms with Gasteiger partial charge in [0.25, 0.3) is 0 Å². The second kappa shape index (κ2) is 7.09. The third kappa shape index (κ3) is 4.86. The highest BCUT2D eigenvalue weighted by Gasteiger charge is 2.25. The first-order chi connectivity index (χ1) is 7.24. The minimum atomic E-state index is 1.03. The SMILES string of the molecule is CCC=C(C)CCCCCC1CCC1C.